The molecule has 1 aliphatic rings. The van der Waals surface area contributed by atoms with Crippen LogP contribution in [0.5, 0.6) is 0 Å². The number of nitrogens with zero attached hydrogens (tertiary/aromatic N) is 2. The van der Waals surface area contributed by atoms with E-state index in [4.69, 9.17) is 5.73 Å². The van der Waals surface area contributed by atoms with Gasteiger partial charge in [-0.3, -0.25) is 5.10 Å². The van der Waals surface area contributed by atoms with Crippen LogP contribution in [-0.4, -0.2) is 42.1 Å². The van der Waals surface area contributed by atoms with Gasteiger partial charge in [0.25, 0.3) is 0 Å². The smallest absolute Gasteiger partial charge is 0.246 e. The van der Waals surface area contributed by atoms with Crippen LogP contribution in [0.4, 0.5) is 0 Å². The summed E-state index contributed by atoms with van der Waals surface area (Å²) in [4.78, 5) is 0.195. The number of H-pyrrole nitrogens is 1. The average molecular weight is 286 g/mol. The summed E-state index contributed by atoms with van der Waals surface area (Å²) in [7, 11) is -1.90. The Kier molecular flexibility index (Phi) is 3.98. The van der Waals surface area contributed by atoms with Gasteiger partial charge in [-0.1, -0.05) is 19.8 Å². The van der Waals surface area contributed by atoms with Gasteiger partial charge in [0.05, 0.1) is 6.20 Å². The second-order valence-corrected chi connectivity index (χ2v) is 7.51. The molecule has 0 saturated heterocycles. The Labute approximate surface area is 114 Å². The van der Waals surface area contributed by atoms with Gasteiger partial charge in [0, 0.05) is 25.3 Å². The first-order chi connectivity index (χ1) is 8.92. The second-order valence-electron chi connectivity index (χ2n) is 5.54. The fourth-order valence-corrected chi connectivity index (χ4v) is 4.48. The lowest BCUT2D eigenvalue weighted by molar-refractivity contribution is 0.128. The number of hydrogen-bond acceptors (Lipinski definition) is 4. The molecule has 7 heteroatoms. The van der Waals surface area contributed by atoms with Gasteiger partial charge >= 0.3 is 0 Å². The van der Waals surface area contributed by atoms with Crippen molar-refractivity contribution in [2.24, 2.45) is 11.7 Å². The van der Waals surface area contributed by atoms with Gasteiger partial charge in [0.2, 0.25) is 10.0 Å². The van der Waals surface area contributed by atoms with Crippen LogP contribution in [-0.2, 0) is 10.0 Å². The van der Waals surface area contributed by atoms with Gasteiger partial charge in [0.1, 0.15) is 4.90 Å². The Bertz CT molecular complexity index is 514. The number of likely N-dealkylation sites (N-methyl/N-ethyl adjacent to an activating group) is 1. The van der Waals surface area contributed by atoms with Gasteiger partial charge in [-0.25, -0.2) is 8.42 Å². The number of nitrogens with two attached hydrogens (primary N) is 1. The molecule has 0 radical (unpaired) electrons. The van der Waals surface area contributed by atoms with Crippen molar-refractivity contribution in [1.82, 2.24) is 14.5 Å². The SMILES string of the molecule is CC1CCCC(CN)(N(C)S(=O)(=O)c2cn[nH]c2)C1. The molecule has 2 unspecified atom stereocenters. The lowest BCUT2D eigenvalue weighted by atomic mass is 9.76. The van der Waals surface area contributed by atoms with E-state index in [1.807, 2.05) is 0 Å². The highest BCUT2D eigenvalue weighted by molar-refractivity contribution is 7.89. The molecule has 6 nitrogen and oxygen atoms in total. The third-order valence-corrected chi connectivity index (χ3v) is 6.17. The zero-order chi connectivity index (χ0) is 14.1. The Hall–Kier alpha value is -0.920. The van der Waals surface area contributed by atoms with E-state index in [1.165, 1.54) is 16.7 Å². The number of aromatic amines is 1. The van der Waals surface area contributed by atoms with Crippen molar-refractivity contribution >= 4 is 10.0 Å². The first kappa shape index (κ1) is 14.5. The summed E-state index contributed by atoms with van der Waals surface area (Å²) in [5.74, 6) is 0.499. The van der Waals surface area contributed by atoms with Crippen molar-refractivity contribution in [2.45, 2.75) is 43.0 Å². The van der Waals surface area contributed by atoms with Crippen molar-refractivity contribution in [3.05, 3.63) is 12.4 Å². The molecule has 0 aliphatic heterocycles. The Morgan fingerprint density at radius 2 is 2.37 bits per heavy atom. The van der Waals surface area contributed by atoms with E-state index in [2.05, 4.69) is 17.1 Å². The minimum atomic E-state index is -3.53. The summed E-state index contributed by atoms with van der Waals surface area (Å²) in [5.41, 5.74) is 5.46. The molecule has 1 aromatic rings. The van der Waals surface area contributed by atoms with E-state index in [1.54, 1.807) is 7.05 Å². The minimum Gasteiger partial charge on any atom is -0.329 e. The van der Waals surface area contributed by atoms with Gasteiger partial charge in [-0.05, 0) is 18.8 Å². The van der Waals surface area contributed by atoms with Crippen LogP contribution < -0.4 is 5.73 Å². The monoisotopic (exact) mass is 286 g/mol. The Balaban J connectivity index is 2.33. The van der Waals surface area contributed by atoms with E-state index >= 15 is 0 Å². The summed E-state index contributed by atoms with van der Waals surface area (Å²) in [6.07, 6.45) is 6.54. The third-order valence-electron chi connectivity index (χ3n) is 4.25. The van der Waals surface area contributed by atoms with Crippen LogP contribution >= 0.6 is 0 Å². The zero-order valence-corrected chi connectivity index (χ0v) is 12.3. The van der Waals surface area contributed by atoms with E-state index in [0.29, 0.717) is 12.5 Å². The maximum Gasteiger partial charge on any atom is 0.246 e. The highest BCUT2D eigenvalue weighted by Gasteiger charge is 2.43. The lowest BCUT2D eigenvalue weighted by Gasteiger charge is -2.44. The third kappa shape index (κ3) is 2.54. The molecule has 3 N–H and O–H groups in total. The highest BCUT2D eigenvalue weighted by atomic mass is 32.2. The predicted molar refractivity (Wildman–Crippen MR) is 73.0 cm³/mol. The molecule has 108 valence electrons. The molecule has 2 atom stereocenters. The van der Waals surface area contributed by atoms with Crippen LogP contribution in [0.15, 0.2) is 17.3 Å². The van der Waals surface area contributed by atoms with E-state index in [-0.39, 0.29) is 4.90 Å². The summed E-state index contributed by atoms with van der Waals surface area (Å²) in [5, 5.41) is 6.26. The lowest BCUT2D eigenvalue weighted by Crippen LogP contribution is -2.56. The van der Waals surface area contributed by atoms with Crippen LogP contribution in [0.2, 0.25) is 0 Å². The minimum absolute atomic E-state index is 0.195. The predicted octanol–water partition coefficient (Wildman–Crippen LogP) is 0.938. The number of sulfonamides is 1. The van der Waals surface area contributed by atoms with Crippen LogP contribution in [0, 0.1) is 5.92 Å². The van der Waals surface area contributed by atoms with Gasteiger partial charge in [0.15, 0.2) is 0 Å². The molecule has 0 aromatic carbocycles. The topological polar surface area (TPSA) is 92.1 Å². The number of rotatable bonds is 4. The van der Waals surface area contributed by atoms with E-state index in [0.717, 1.165) is 25.7 Å². The highest BCUT2D eigenvalue weighted by Crippen LogP contribution is 2.37. The fraction of sp³-hybridized carbons (Fsp3) is 0.750. The van der Waals surface area contributed by atoms with Crippen molar-refractivity contribution in [3.63, 3.8) is 0 Å². The molecule has 1 saturated carbocycles. The number of hydrogen-bond donors (Lipinski definition) is 2. The van der Waals surface area contributed by atoms with Crippen molar-refractivity contribution < 1.29 is 8.42 Å². The molecule has 0 spiro atoms. The molecule has 0 bridgehead atoms. The maximum atomic E-state index is 12.6. The number of nitrogens with one attached hydrogen (secondary N) is 1. The maximum absolute atomic E-state index is 12.6. The molecule has 1 heterocycles. The van der Waals surface area contributed by atoms with Crippen molar-refractivity contribution in [2.75, 3.05) is 13.6 Å². The molecular weight excluding hydrogens is 264 g/mol. The summed E-state index contributed by atoms with van der Waals surface area (Å²) < 4.78 is 26.6. The first-order valence-corrected chi connectivity index (χ1v) is 8.04. The Morgan fingerprint density at radius 3 is 2.89 bits per heavy atom. The molecule has 1 aliphatic carbocycles. The first-order valence-electron chi connectivity index (χ1n) is 6.60. The van der Waals surface area contributed by atoms with Gasteiger partial charge in [-0.15, -0.1) is 0 Å². The summed E-state index contributed by atoms with van der Waals surface area (Å²) in [6.45, 7) is 2.51. The van der Waals surface area contributed by atoms with Crippen LogP contribution in [0.25, 0.3) is 0 Å². The van der Waals surface area contributed by atoms with Crippen LogP contribution in [0.3, 0.4) is 0 Å². The zero-order valence-electron chi connectivity index (χ0n) is 11.5. The molecule has 0 amide bonds. The Morgan fingerprint density at radius 1 is 1.63 bits per heavy atom. The van der Waals surface area contributed by atoms with Gasteiger partial charge < -0.3 is 5.73 Å². The second kappa shape index (κ2) is 5.22. The quantitative estimate of drug-likeness (QED) is 0.861. The summed E-state index contributed by atoms with van der Waals surface area (Å²) in [6, 6.07) is 0. The van der Waals surface area contributed by atoms with E-state index in [9.17, 15) is 8.42 Å². The fourth-order valence-electron chi connectivity index (χ4n) is 3.03. The van der Waals surface area contributed by atoms with Crippen molar-refractivity contribution in [1.29, 1.82) is 0 Å². The number of aromatic nitrogens is 2. The van der Waals surface area contributed by atoms with Crippen molar-refractivity contribution in [3.8, 4) is 0 Å². The standard InChI is InChI=1S/C12H22N4O2S/c1-10-4-3-5-12(6-10,9-13)16(2)19(17,18)11-7-14-15-8-11/h7-8,10H,3-6,9,13H2,1-2H3,(H,14,15). The molecule has 19 heavy (non-hydrogen) atoms. The molecule has 2 rings (SSSR count). The van der Waals surface area contributed by atoms with Gasteiger partial charge in [-0.2, -0.15) is 9.40 Å². The molecular formula is C12H22N4O2S. The molecule has 1 fully saturated rings. The van der Waals surface area contributed by atoms with E-state index < -0.39 is 15.6 Å². The average Bonchev–Trinajstić information content (AvgIpc) is 2.92. The molecule has 1 aromatic heterocycles. The summed E-state index contributed by atoms with van der Waals surface area (Å²) >= 11 is 0. The largest absolute Gasteiger partial charge is 0.329 e. The normalized spacial score (nSPS) is 28.7. The van der Waals surface area contributed by atoms with Crippen LogP contribution in [0.1, 0.15) is 32.6 Å².